The van der Waals surface area contributed by atoms with Crippen LogP contribution in [0.2, 0.25) is 5.02 Å². The van der Waals surface area contributed by atoms with E-state index in [1.807, 2.05) is 12.1 Å². The molecule has 0 aliphatic carbocycles. The lowest BCUT2D eigenvalue weighted by atomic mass is 9.81. The van der Waals surface area contributed by atoms with E-state index in [4.69, 9.17) is 16.7 Å². The van der Waals surface area contributed by atoms with Crippen molar-refractivity contribution in [3.63, 3.8) is 0 Å². The zero-order valence-corrected chi connectivity index (χ0v) is 13.2. The van der Waals surface area contributed by atoms with Crippen LogP contribution in [0.15, 0.2) is 24.3 Å². The minimum atomic E-state index is -0.734. The van der Waals surface area contributed by atoms with E-state index in [0.717, 1.165) is 30.3 Å². The lowest BCUT2D eigenvalue weighted by Gasteiger charge is -2.37. The maximum Gasteiger partial charge on any atom is 0.313 e. The molecule has 0 saturated carbocycles. The molecule has 1 N–H and O–H groups in total. The van der Waals surface area contributed by atoms with Gasteiger partial charge in [0.15, 0.2) is 0 Å². The van der Waals surface area contributed by atoms with Gasteiger partial charge in [-0.3, -0.25) is 4.79 Å². The van der Waals surface area contributed by atoms with Gasteiger partial charge >= 0.3 is 5.97 Å². The van der Waals surface area contributed by atoms with Crippen molar-refractivity contribution < 1.29 is 9.90 Å². The van der Waals surface area contributed by atoms with Crippen LogP contribution in [0.25, 0.3) is 0 Å². The van der Waals surface area contributed by atoms with Crippen LogP contribution in [-0.2, 0) is 4.79 Å². The molecular weight excluding hydrogens is 294 g/mol. The third-order valence-electron chi connectivity index (χ3n) is 3.79. The number of halogens is 1. The first-order chi connectivity index (χ1) is 9.56. The van der Waals surface area contributed by atoms with Crippen molar-refractivity contribution in [1.29, 1.82) is 0 Å². The number of rotatable bonds is 5. The van der Waals surface area contributed by atoms with E-state index in [2.05, 4.69) is 24.1 Å². The van der Waals surface area contributed by atoms with E-state index < -0.39 is 5.97 Å². The average molecular weight is 314 g/mol. The Labute approximate surface area is 129 Å². The smallest absolute Gasteiger partial charge is 0.313 e. The molecular formula is C15H20ClNO2S. The molecule has 1 aliphatic heterocycles. The van der Waals surface area contributed by atoms with E-state index in [-0.39, 0.29) is 5.75 Å². The lowest BCUT2D eigenvalue weighted by Crippen LogP contribution is -2.38. The normalized spacial score (nSPS) is 23.7. The molecule has 3 nitrogen and oxygen atoms in total. The third-order valence-corrected chi connectivity index (χ3v) is 5.16. The highest BCUT2D eigenvalue weighted by Gasteiger charge is 2.28. The molecule has 1 heterocycles. The summed E-state index contributed by atoms with van der Waals surface area (Å²) >= 11 is 7.47. The van der Waals surface area contributed by atoms with Crippen molar-refractivity contribution in [1.82, 2.24) is 4.90 Å². The van der Waals surface area contributed by atoms with Crippen molar-refractivity contribution in [3.8, 4) is 0 Å². The fourth-order valence-corrected chi connectivity index (χ4v) is 3.89. The van der Waals surface area contributed by atoms with Crippen molar-refractivity contribution in [2.45, 2.75) is 12.3 Å². The van der Waals surface area contributed by atoms with Crippen LogP contribution in [0.4, 0.5) is 0 Å². The Kier molecular flexibility index (Phi) is 5.75. The molecule has 0 radical (unpaired) electrons. The zero-order valence-electron chi connectivity index (χ0n) is 11.6. The summed E-state index contributed by atoms with van der Waals surface area (Å²) in [6, 6.07) is 8.09. The molecule has 1 fully saturated rings. The number of likely N-dealkylation sites (tertiary alicyclic amines) is 1. The molecule has 110 valence electrons. The van der Waals surface area contributed by atoms with Crippen LogP contribution in [0.3, 0.4) is 0 Å². The molecule has 2 atom stereocenters. The summed E-state index contributed by atoms with van der Waals surface area (Å²) in [4.78, 5) is 13.0. The van der Waals surface area contributed by atoms with E-state index in [1.165, 1.54) is 17.3 Å². The molecule has 20 heavy (non-hydrogen) atoms. The lowest BCUT2D eigenvalue weighted by molar-refractivity contribution is -0.133. The Morgan fingerprint density at radius 2 is 2.15 bits per heavy atom. The summed E-state index contributed by atoms with van der Waals surface area (Å²) < 4.78 is 0. The molecule has 1 saturated heterocycles. The van der Waals surface area contributed by atoms with Crippen LogP contribution in [-0.4, -0.2) is 47.6 Å². The number of thioether (sulfide) groups is 1. The predicted octanol–water partition coefficient (Wildman–Crippen LogP) is 3.19. The van der Waals surface area contributed by atoms with Crippen LogP contribution < -0.4 is 0 Å². The van der Waals surface area contributed by atoms with Crippen LogP contribution >= 0.6 is 23.4 Å². The summed E-state index contributed by atoms with van der Waals surface area (Å²) in [5.74, 6) is 1.35. The number of carbonyl (C=O) groups is 1. The minimum absolute atomic E-state index is 0.188. The Morgan fingerprint density at radius 1 is 1.45 bits per heavy atom. The highest BCUT2D eigenvalue weighted by atomic mass is 35.5. The van der Waals surface area contributed by atoms with E-state index in [1.54, 1.807) is 0 Å². The van der Waals surface area contributed by atoms with E-state index in [0.29, 0.717) is 11.8 Å². The second-order valence-electron chi connectivity index (χ2n) is 5.38. The van der Waals surface area contributed by atoms with Gasteiger partial charge in [0.25, 0.3) is 0 Å². The van der Waals surface area contributed by atoms with E-state index >= 15 is 0 Å². The summed E-state index contributed by atoms with van der Waals surface area (Å²) in [6.07, 6.45) is 1.12. The average Bonchev–Trinajstić information content (AvgIpc) is 2.40. The molecule has 1 aromatic carbocycles. The largest absolute Gasteiger partial charge is 0.481 e. The number of piperidine rings is 1. The number of nitrogens with zero attached hydrogens (tertiary/aromatic N) is 1. The van der Waals surface area contributed by atoms with Gasteiger partial charge in [-0.2, -0.15) is 0 Å². The standard InChI is InChI=1S/C15H20ClNO2S/c1-17-7-6-14(11-2-4-13(16)5-3-11)12(8-17)9-20-10-15(18)19/h2-5,12,14H,6-10H2,1H3,(H,18,19)/t12-,14+/m1/s1. The maximum atomic E-state index is 10.6. The Hall–Kier alpha value is -0.710. The van der Waals surface area contributed by atoms with Gasteiger partial charge in [0.1, 0.15) is 0 Å². The third kappa shape index (κ3) is 4.40. The molecule has 0 spiro atoms. The van der Waals surface area contributed by atoms with Crippen LogP contribution in [0.1, 0.15) is 17.9 Å². The topological polar surface area (TPSA) is 40.5 Å². The van der Waals surface area contributed by atoms with Gasteiger partial charge in [0.05, 0.1) is 5.75 Å². The molecule has 0 amide bonds. The fraction of sp³-hybridized carbons (Fsp3) is 0.533. The Bertz CT molecular complexity index is 452. The molecule has 1 aliphatic rings. The predicted molar refractivity (Wildman–Crippen MR) is 84.8 cm³/mol. The van der Waals surface area contributed by atoms with Crippen molar-refractivity contribution >= 4 is 29.3 Å². The molecule has 5 heteroatoms. The summed E-state index contributed by atoms with van der Waals surface area (Å²) in [6.45, 7) is 2.12. The van der Waals surface area contributed by atoms with Gasteiger partial charge in [-0.15, -0.1) is 11.8 Å². The molecule has 1 aromatic rings. The molecule has 0 unspecified atom stereocenters. The fourth-order valence-electron chi connectivity index (χ4n) is 2.83. The zero-order chi connectivity index (χ0) is 14.5. The van der Waals surface area contributed by atoms with Gasteiger partial charge in [-0.1, -0.05) is 23.7 Å². The number of carboxylic acids is 1. The van der Waals surface area contributed by atoms with Crippen molar-refractivity contribution in [2.75, 3.05) is 31.6 Å². The van der Waals surface area contributed by atoms with Crippen molar-refractivity contribution in [3.05, 3.63) is 34.9 Å². The first kappa shape index (κ1) is 15.7. The first-order valence-corrected chi connectivity index (χ1v) is 8.33. The van der Waals surface area contributed by atoms with Gasteiger partial charge in [0.2, 0.25) is 0 Å². The summed E-state index contributed by atoms with van der Waals surface area (Å²) in [5.41, 5.74) is 1.32. The Balaban J connectivity index is 2.03. The highest BCUT2D eigenvalue weighted by Crippen LogP contribution is 2.35. The first-order valence-electron chi connectivity index (χ1n) is 6.80. The number of hydrogen-bond acceptors (Lipinski definition) is 3. The van der Waals surface area contributed by atoms with Crippen LogP contribution in [0.5, 0.6) is 0 Å². The van der Waals surface area contributed by atoms with Crippen molar-refractivity contribution in [2.24, 2.45) is 5.92 Å². The van der Waals surface area contributed by atoms with Crippen LogP contribution in [0, 0.1) is 5.92 Å². The second-order valence-corrected chi connectivity index (χ2v) is 6.84. The highest BCUT2D eigenvalue weighted by molar-refractivity contribution is 7.99. The molecule has 0 bridgehead atoms. The van der Waals surface area contributed by atoms with Gasteiger partial charge in [0, 0.05) is 11.6 Å². The van der Waals surface area contributed by atoms with Gasteiger partial charge < -0.3 is 10.0 Å². The van der Waals surface area contributed by atoms with Gasteiger partial charge in [-0.25, -0.2) is 0 Å². The molecule has 0 aromatic heterocycles. The summed E-state index contributed by atoms with van der Waals surface area (Å²) in [7, 11) is 2.13. The number of benzene rings is 1. The van der Waals surface area contributed by atoms with E-state index in [9.17, 15) is 4.79 Å². The van der Waals surface area contributed by atoms with Gasteiger partial charge in [-0.05, 0) is 55.3 Å². The number of hydrogen-bond donors (Lipinski definition) is 1. The Morgan fingerprint density at radius 3 is 2.80 bits per heavy atom. The number of carboxylic acid groups (broad SMARTS) is 1. The summed E-state index contributed by atoms with van der Waals surface area (Å²) in [5, 5.41) is 9.52. The maximum absolute atomic E-state index is 10.6. The molecule has 2 rings (SSSR count). The minimum Gasteiger partial charge on any atom is -0.481 e. The quantitative estimate of drug-likeness (QED) is 0.906. The SMILES string of the molecule is CN1CC[C@@H](c2ccc(Cl)cc2)[C@@H](CSCC(=O)O)C1. The monoisotopic (exact) mass is 313 g/mol. The number of aliphatic carboxylic acids is 1. The second kappa shape index (κ2) is 7.34.